The minimum Gasteiger partial charge on any atom is -0.491 e. The van der Waals surface area contributed by atoms with Crippen molar-refractivity contribution in [1.82, 2.24) is 4.90 Å². The third-order valence-corrected chi connectivity index (χ3v) is 3.73. The Labute approximate surface area is 121 Å². The van der Waals surface area contributed by atoms with Gasteiger partial charge >= 0.3 is 5.97 Å². The minimum atomic E-state index is -0.721. The Hall–Kier alpha value is -0.970. The van der Waals surface area contributed by atoms with Crippen molar-refractivity contribution >= 4 is 29.2 Å². The molecule has 1 atom stereocenters. The number of nitrogens with zero attached hydrogens (tertiary/aromatic N) is 1. The highest BCUT2D eigenvalue weighted by Gasteiger charge is 2.27. The number of likely N-dealkylation sites (tertiary alicyclic amines) is 1. The number of carbonyl (C=O) groups is 1. The van der Waals surface area contributed by atoms with E-state index < -0.39 is 5.97 Å². The highest BCUT2D eigenvalue weighted by molar-refractivity contribution is 6.34. The van der Waals surface area contributed by atoms with Gasteiger partial charge in [0, 0.05) is 24.2 Å². The van der Waals surface area contributed by atoms with E-state index in [-0.39, 0.29) is 5.92 Å². The van der Waals surface area contributed by atoms with Crippen molar-refractivity contribution in [2.24, 2.45) is 5.92 Å². The van der Waals surface area contributed by atoms with Crippen LogP contribution in [0.15, 0.2) is 18.2 Å². The highest BCUT2D eigenvalue weighted by Crippen LogP contribution is 2.27. The molecule has 1 heterocycles. The molecule has 0 radical (unpaired) electrons. The average molecular weight is 304 g/mol. The van der Waals surface area contributed by atoms with Crippen LogP contribution in [0.25, 0.3) is 0 Å². The largest absolute Gasteiger partial charge is 0.491 e. The quantitative estimate of drug-likeness (QED) is 0.909. The molecule has 1 saturated heterocycles. The number of ether oxygens (including phenoxy) is 1. The maximum atomic E-state index is 10.8. The summed E-state index contributed by atoms with van der Waals surface area (Å²) in [4.78, 5) is 12.9. The van der Waals surface area contributed by atoms with Crippen LogP contribution in [-0.4, -0.2) is 42.2 Å². The van der Waals surface area contributed by atoms with Crippen LogP contribution in [0.3, 0.4) is 0 Å². The van der Waals surface area contributed by atoms with Crippen molar-refractivity contribution in [3.05, 3.63) is 28.2 Å². The maximum Gasteiger partial charge on any atom is 0.307 e. The van der Waals surface area contributed by atoms with Crippen molar-refractivity contribution in [3.8, 4) is 5.75 Å². The fourth-order valence-electron chi connectivity index (χ4n) is 2.11. The molecular formula is C13H15Cl2NO3. The molecule has 1 unspecified atom stereocenters. The molecule has 0 bridgehead atoms. The molecule has 0 aliphatic carbocycles. The SMILES string of the molecule is O=C(O)C1CCN(CCOc2cc(Cl)ccc2Cl)C1. The minimum absolute atomic E-state index is 0.255. The smallest absolute Gasteiger partial charge is 0.307 e. The molecule has 4 nitrogen and oxygen atoms in total. The first-order valence-electron chi connectivity index (χ1n) is 6.09. The fourth-order valence-corrected chi connectivity index (χ4v) is 2.44. The molecule has 2 rings (SSSR count). The Morgan fingerprint density at radius 1 is 1.47 bits per heavy atom. The molecule has 0 amide bonds. The van der Waals surface area contributed by atoms with Gasteiger partial charge in [0.2, 0.25) is 0 Å². The summed E-state index contributed by atoms with van der Waals surface area (Å²) < 4.78 is 5.57. The molecule has 1 aromatic rings. The summed E-state index contributed by atoms with van der Waals surface area (Å²) in [6.45, 7) is 2.53. The lowest BCUT2D eigenvalue weighted by atomic mass is 10.1. The van der Waals surface area contributed by atoms with Crippen LogP contribution in [0, 0.1) is 5.92 Å². The zero-order chi connectivity index (χ0) is 13.8. The number of carboxylic acid groups (broad SMARTS) is 1. The van der Waals surface area contributed by atoms with Crippen LogP contribution in [-0.2, 0) is 4.79 Å². The normalized spacial score (nSPS) is 19.6. The van der Waals surface area contributed by atoms with E-state index in [0.717, 1.165) is 6.54 Å². The second kappa shape index (κ2) is 6.46. The van der Waals surface area contributed by atoms with Crippen LogP contribution in [0.4, 0.5) is 0 Å². The van der Waals surface area contributed by atoms with Gasteiger partial charge in [0.25, 0.3) is 0 Å². The monoisotopic (exact) mass is 303 g/mol. The third-order valence-electron chi connectivity index (χ3n) is 3.18. The summed E-state index contributed by atoms with van der Waals surface area (Å²) in [5.41, 5.74) is 0. The molecular weight excluding hydrogens is 289 g/mol. The van der Waals surface area contributed by atoms with Crippen LogP contribution in [0.2, 0.25) is 10.0 Å². The first-order chi connectivity index (χ1) is 9.06. The number of benzene rings is 1. The standard InChI is InChI=1S/C13H15Cl2NO3/c14-10-1-2-11(15)12(7-10)19-6-5-16-4-3-9(8-16)13(17)18/h1-2,7,9H,3-6,8H2,(H,17,18). The van der Waals surface area contributed by atoms with Crippen LogP contribution in [0.1, 0.15) is 6.42 Å². The van der Waals surface area contributed by atoms with Gasteiger partial charge in [-0.1, -0.05) is 23.2 Å². The summed E-state index contributed by atoms with van der Waals surface area (Å²) in [5.74, 6) is -0.417. The number of carboxylic acids is 1. The van der Waals surface area contributed by atoms with E-state index in [1.165, 1.54) is 0 Å². The van der Waals surface area contributed by atoms with E-state index in [2.05, 4.69) is 4.90 Å². The van der Waals surface area contributed by atoms with Gasteiger partial charge in [-0.2, -0.15) is 0 Å². The molecule has 0 aromatic heterocycles. The van der Waals surface area contributed by atoms with E-state index in [9.17, 15) is 4.79 Å². The van der Waals surface area contributed by atoms with Gasteiger partial charge in [-0.25, -0.2) is 0 Å². The first-order valence-corrected chi connectivity index (χ1v) is 6.85. The van der Waals surface area contributed by atoms with E-state index >= 15 is 0 Å². The Kier molecular flexibility index (Phi) is 4.91. The van der Waals surface area contributed by atoms with Crippen LogP contribution >= 0.6 is 23.2 Å². The first kappa shape index (κ1) is 14.4. The summed E-state index contributed by atoms with van der Waals surface area (Å²) in [6.07, 6.45) is 0.702. The Balaban J connectivity index is 1.78. The Bertz CT molecular complexity index is 467. The topological polar surface area (TPSA) is 49.8 Å². The molecule has 6 heteroatoms. The molecule has 1 N–H and O–H groups in total. The summed E-state index contributed by atoms with van der Waals surface area (Å²) >= 11 is 11.8. The second-order valence-corrected chi connectivity index (χ2v) is 5.39. The third kappa shape index (κ3) is 4.00. The highest BCUT2D eigenvalue weighted by atomic mass is 35.5. The van der Waals surface area contributed by atoms with Crippen molar-refractivity contribution in [2.75, 3.05) is 26.2 Å². The molecule has 1 aromatic carbocycles. The van der Waals surface area contributed by atoms with Gasteiger partial charge in [0.15, 0.2) is 0 Å². The molecule has 1 aliphatic heterocycles. The molecule has 19 heavy (non-hydrogen) atoms. The molecule has 0 spiro atoms. The predicted octanol–water partition coefficient (Wildman–Crippen LogP) is 2.78. The van der Waals surface area contributed by atoms with Gasteiger partial charge in [-0.15, -0.1) is 0 Å². The molecule has 1 fully saturated rings. The second-order valence-electron chi connectivity index (χ2n) is 4.55. The van der Waals surface area contributed by atoms with Crippen molar-refractivity contribution in [3.63, 3.8) is 0 Å². The van der Waals surface area contributed by atoms with Crippen LogP contribution < -0.4 is 4.74 Å². The molecule has 104 valence electrons. The van der Waals surface area contributed by atoms with Gasteiger partial charge in [-0.3, -0.25) is 9.69 Å². The molecule has 1 aliphatic rings. The lowest BCUT2D eigenvalue weighted by Gasteiger charge is -2.16. The van der Waals surface area contributed by atoms with E-state index in [4.69, 9.17) is 33.0 Å². The van der Waals surface area contributed by atoms with Crippen molar-refractivity contribution in [1.29, 1.82) is 0 Å². The lowest BCUT2D eigenvalue weighted by Crippen LogP contribution is -2.27. The van der Waals surface area contributed by atoms with Gasteiger partial charge in [0.1, 0.15) is 12.4 Å². The molecule has 0 saturated carbocycles. The predicted molar refractivity (Wildman–Crippen MR) is 74.1 cm³/mol. The summed E-state index contributed by atoms with van der Waals surface area (Å²) in [7, 11) is 0. The van der Waals surface area contributed by atoms with Crippen molar-refractivity contribution in [2.45, 2.75) is 6.42 Å². The zero-order valence-corrected chi connectivity index (χ0v) is 11.8. The number of halogens is 2. The Morgan fingerprint density at radius 2 is 2.26 bits per heavy atom. The fraction of sp³-hybridized carbons (Fsp3) is 0.462. The van der Waals surface area contributed by atoms with Gasteiger partial charge in [-0.05, 0) is 25.1 Å². The number of rotatable bonds is 5. The number of aliphatic carboxylic acids is 1. The lowest BCUT2D eigenvalue weighted by molar-refractivity contribution is -0.141. The Morgan fingerprint density at radius 3 is 2.95 bits per heavy atom. The average Bonchev–Trinajstić information content (AvgIpc) is 2.82. The van der Waals surface area contributed by atoms with E-state index in [1.807, 2.05) is 0 Å². The summed E-state index contributed by atoms with van der Waals surface area (Å²) in [6, 6.07) is 5.07. The number of hydrogen-bond donors (Lipinski definition) is 1. The van der Waals surface area contributed by atoms with Gasteiger partial charge in [0.05, 0.1) is 10.9 Å². The zero-order valence-electron chi connectivity index (χ0n) is 10.3. The van der Waals surface area contributed by atoms with E-state index in [1.54, 1.807) is 18.2 Å². The summed E-state index contributed by atoms with van der Waals surface area (Å²) in [5, 5.41) is 10.0. The van der Waals surface area contributed by atoms with Crippen molar-refractivity contribution < 1.29 is 14.6 Å². The van der Waals surface area contributed by atoms with Gasteiger partial charge < -0.3 is 9.84 Å². The number of hydrogen-bond acceptors (Lipinski definition) is 3. The van der Waals surface area contributed by atoms with E-state index in [0.29, 0.717) is 41.9 Å². The van der Waals surface area contributed by atoms with Crippen LogP contribution in [0.5, 0.6) is 5.75 Å². The maximum absolute atomic E-state index is 10.8.